The van der Waals surface area contributed by atoms with E-state index in [1.54, 1.807) is 22.1 Å². The number of carbonyl (C=O) groups is 1. The number of hydroxylamine groups is 2. The van der Waals surface area contributed by atoms with Crippen molar-refractivity contribution >= 4 is 23.4 Å². The molecule has 3 rings (SSSR count). The van der Waals surface area contributed by atoms with Gasteiger partial charge in [-0.25, -0.2) is 14.0 Å². The Hall–Kier alpha value is -2.45. The lowest BCUT2D eigenvalue weighted by Crippen LogP contribution is -2.47. The fourth-order valence-electron chi connectivity index (χ4n) is 3.23. The van der Waals surface area contributed by atoms with Crippen LogP contribution in [-0.2, 0) is 14.4 Å². The maximum Gasteiger partial charge on any atom is 0.414 e. The number of amides is 1. The van der Waals surface area contributed by atoms with Crippen LogP contribution in [0.25, 0.3) is 0 Å². The van der Waals surface area contributed by atoms with Crippen LogP contribution in [0.5, 0.6) is 0 Å². The van der Waals surface area contributed by atoms with Crippen LogP contribution in [-0.4, -0.2) is 61.5 Å². The summed E-state index contributed by atoms with van der Waals surface area (Å²) in [6.07, 6.45) is -0.959. The molecule has 1 amide bonds. The summed E-state index contributed by atoms with van der Waals surface area (Å²) in [5.74, 6) is 1.35. The van der Waals surface area contributed by atoms with Crippen LogP contribution in [0.1, 0.15) is 20.8 Å². The largest absolute Gasteiger partial charge is 0.443 e. The Morgan fingerprint density at radius 3 is 2.64 bits per heavy atom. The summed E-state index contributed by atoms with van der Waals surface area (Å²) in [7, 11) is 0. The van der Waals surface area contributed by atoms with E-state index < -0.39 is 23.6 Å². The molecule has 2 heterocycles. The Balaban J connectivity index is 1.77. The quantitative estimate of drug-likeness (QED) is 0.780. The van der Waals surface area contributed by atoms with Crippen molar-refractivity contribution in [2.75, 3.05) is 42.5 Å². The second-order valence-corrected chi connectivity index (χ2v) is 7.76. The number of piperazine rings is 1. The van der Waals surface area contributed by atoms with Gasteiger partial charge in [-0.1, -0.05) is 0 Å². The van der Waals surface area contributed by atoms with Crippen LogP contribution in [0.2, 0.25) is 0 Å². The van der Waals surface area contributed by atoms with Crippen LogP contribution in [0, 0.1) is 5.82 Å². The van der Waals surface area contributed by atoms with Crippen LogP contribution >= 0.6 is 0 Å². The normalized spacial score (nSPS) is 21.1. The number of halogens is 1. The van der Waals surface area contributed by atoms with E-state index >= 15 is 0 Å². The summed E-state index contributed by atoms with van der Waals surface area (Å²) in [6.45, 7) is 7.31. The first kappa shape index (κ1) is 20.3. The van der Waals surface area contributed by atoms with Crippen molar-refractivity contribution in [2.45, 2.75) is 32.5 Å². The zero-order valence-electron chi connectivity index (χ0n) is 16.3. The molecule has 28 heavy (non-hydrogen) atoms. The fraction of sp³-hybridized carbons (Fsp3) is 0.526. The van der Waals surface area contributed by atoms with Crippen LogP contribution in [0.4, 0.5) is 20.6 Å². The molecule has 0 unspecified atom stereocenters. The second-order valence-electron chi connectivity index (χ2n) is 7.76. The van der Waals surface area contributed by atoms with E-state index in [1.807, 2.05) is 26.7 Å². The molecule has 152 valence electrons. The van der Waals surface area contributed by atoms with Gasteiger partial charge < -0.3 is 15.4 Å². The average molecular weight is 392 g/mol. The molecule has 2 aliphatic rings. The van der Waals surface area contributed by atoms with Crippen molar-refractivity contribution in [1.29, 1.82) is 0 Å². The predicted molar refractivity (Wildman–Crippen MR) is 102 cm³/mol. The first-order chi connectivity index (χ1) is 13.2. The van der Waals surface area contributed by atoms with Gasteiger partial charge in [-0.15, -0.1) is 0 Å². The molecule has 2 N–H and O–H groups in total. The molecule has 0 bridgehead atoms. The summed E-state index contributed by atoms with van der Waals surface area (Å²) in [4.78, 5) is 32.1. The van der Waals surface area contributed by atoms with Gasteiger partial charge in [0.25, 0.3) is 0 Å². The Morgan fingerprint density at radius 2 is 2.07 bits per heavy atom. The SMILES string of the molecule is CC(C)(C)ON1CCN(c2ccc(N3C[C@H](CN)OC3=O)cc2F)C(=C=O)C1. The highest BCUT2D eigenvalue weighted by atomic mass is 19.1. The number of nitrogens with zero attached hydrogens (tertiary/aromatic N) is 3. The van der Waals surface area contributed by atoms with Crippen molar-refractivity contribution in [3.05, 3.63) is 29.7 Å². The van der Waals surface area contributed by atoms with Crippen molar-refractivity contribution < 1.29 is 23.6 Å². The highest BCUT2D eigenvalue weighted by Gasteiger charge is 2.33. The summed E-state index contributed by atoms with van der Waals surface area (Å²) < 4.78 is 19.9. The van der Waals surface area contributed by atoms with Crippen LogP contribution < -0.4 is 15.5 Å². The number of nitrogens with two attached hydrogens (primary N) is 1. The number of cyclic esters (lactones) is 1. The lowest BCUT2D eigenvalue weighted by molar-refractivity contribution is -0.225. The Bertz CT molecular complexity index is 804. The lowest BCUT2D eigenvalue weighted by Gasteiger charge is -2.38. The van der Waals surface area contributed by atoms with Crippen molar-refractivity contribution in [2.24, 2.45) is 5.73 Å². The van der Waals surface area contributed by atoms with Crippen LogP contribution in [0.3, 0.4) is 0 Å². The van der Waals surface area contributed by atoms with Gasteiger partial charge in [0.15, 0.2) is 0 Å². The topological polar surface area (TPSA) is 88.3 Å². The van der Waals surface area contributed by atoms with E-state index in [0.29, 0.717) is 18.8 Å². The van der Waals surface area contributed by atoms with Gasteiger partial charge in [-0.2, -0.15) is 5.06 Å². The monoisotopic (exact) mass is 392 g/mol. The predicted octanol–water partition coefficient (Wildman–Crippen LogP) is 1.68. The number of benzene rings is 1. The molecule has 0 radical (unpaired) electrons. The molecular formula is C19H25FN4O4. The fourth-order valence-corrected chi connectivity index (χ4v) is 3.23. The standard InChI is InChI=1S/C19H25FN4O4/c1-19(2,3)28-22-6-7-23(14(10-22)12-25)17-5-4-13(8-16(17)20)24-11-15(9-21)27-18(24)26/h4-5,8,15H,6-7,9-11,21H2,1-3H3/t15-/m0/s1. The number of hydrogen-bond donors (Lipinski definition) is 1. The van der Waals surface area contributed by atoms with E-state index in [9.17, 15) is 14.0 Å². The molecule has 0 aromatic heterocycles. The number of anilines is 2. The highest BCUT2D eigenvalue weighted by Crippen LogP contribution is 2.30. The molecule has 9 heteroatoms. The third-order valence-electron chi connectivity index (χ3n) is 4.42. The summed E-state index contributed by atoms with van der Waals surface area (Å²) >= 11 is 0. The molecule has 2 saturated heterocycles. The van der Waals surface area contributed by atoms with Gasteiger partial charge in [-0.05, 0) is 39.0 Å². The Morgan fingerprint density at radius 1 is 1.32 bits per heavy atom. The zero-order chi connectivity index (χ0) is 20.5. The average Bonchev–Trinajstić information content (AvgIpc) is 3.01. The van der Waals surface area contributed by atoms with E-state index in [4.69, 9.17) is 15.3 Å². The van der Waals surface area contributed by atoms with Gasteiger partial charge in [0, 0.05) is 19.6 Å². The molecule has 1 atom stereocenters. The molecule has 1 aromatic rings. The van der Waals surface area contributed by atoms with E-state index in [2.05, 4.69) is 0 Å². The molecule has 0 spiro atoms. The third kappa shape index (κ3) is 4.34. The Labute approximate surface area is 163 Å². The van der Waals surface area contributed by atoms with Gasteiger partial charge in [0.2, 0.25) is 0 Å². The first-order valence-electron chi connectivity index (χ1n) is 9.15. The van der Waals surface area contributed by atoms with E-state index in [-0.39, 0.29) is 31.0 Å². The Kier molecular flexibility index (Phi) is 5.71. The number of rotatable bonds is 4. The summed E-state index contributed by atoms with van der Waals surface area (Å²) in [6, 6.07) is 4.43. The summed E-state index contributed by atoms with van der Waals surface area (Å²) in [5, 5.41) is 1.68. The molecule has 0 aliphatic carbocycles. The molecular weight excluding hydrogens is 367 g/mol. The molecule has 0 saturated carbocycles. The van der Waals surface area contributed by atoms with Crippen molar-refractivity contribution in [3.8, 4) is 0 Å². The van der Waals surface area contributed by atoms with E-state index in [1.165, 1.54) is 11.0 Å². The van der Waals surface area contributed by atoms with Gasteiger partial charge in [0.05, 0.1) is 30.1 Å². The molecule has 2 fully saturated rings. The highest BCUT2D eigenvalue weighted by molar-refractivity contribution is 5.90. The van der Waals surface area contributed by atoms with Crippen molar-refractivity contribution in [1.82, 2.24) is 5.06 Å². The van der Waals surface area contributed by atoms with Gasteiger partial charge in [0.1, 0.15) is 23.6 Å². The number of hydrogen-bond acceptors (Lipinski definition) is 7. The zero-order valence-corrected chi connectivity index (χ0v) is 16.3. The molecule has 2 aliphatic heterocycles. The molecule has 8 nitrogen and oxygen atoms in total. The lowest BCUT2D eigenvalue weighted by atomic mass is 10.2. The maximum atomic E-state index is 14.8. The smallest absolute Gasteiger partial charge is 0.414 e. The third-order valence-corrected chi connectivity index (χ3v) is 4.42. The van der Waals surface area contributed by atoms with Gasteiger partial charge in [-0.3, -0.25) is 9.74 Å². The minimum atomic E-state index is -0.552. The first-order valence-corrected chi connectivity index (χ1v) is 9.15. The molecule has 1 aromatic carbocycles. The second kappa shape index (κ2) is 7.89. The summed E-state index contributed by atoms with van der Waals surface area (Å²) in [5.41, 5.74) is 6.05. The minimum Gasteiger partial charge on any atom is -0.443 e. The maximum absolute atomic E-state index is 14.8. The van der Waals surface area contributed by atoms with Gasteiger partial charge >= 0.3 is 6.09 Å². The minimum absolute atomic E-state index is 0.206. The van der Waals surface area contributed by atoms with Crippen molar-refractivity contribution in [3.63, 3.8) is 0 Å². The van der Waals surface area contributed by atoms with Crippen LogP contribution in [0.15, 0.2) is 23.9 Å². The number of ether oxygens (including phenoxy) is 1. The number of carbonyl (C=O) groups excluding carboxylic acids is 2. The van der Waals surface area contributed by atoms with E-state index in [0.717, 1.165) is 0 Å².